The maximum Gasteiger partial charge on any atom is 0.237 e. The van der Waals surface area contributed by atoms with E-state index in [1.165, 1.54) is 12.1 Å². The minimum absolute atomic E-state index is 0.0213. The minimum Gasteiger partial charge on any atom is -0.391 e. The maximum atomic E-state index is 13.0. The van der Waals surface area contributed by atoms with Gasteiger partial charge in [-0.15, -0.1) is 0 Å². The SMILES string of the molecule is CCC(C)C(O)CNC(=O)C1CCCN1Cc1ccc(F)cc1. The second-order valence-electron chi connectivity index (χ2n) is 6.45. The quantitative estimate of drug-likeness (QED) is 0.810. The fourth-order valence-electron chi connectivity index (χ4n) is 2.93. The van der Waals surface area contributed by atoms with Crippen molar-refractivity contribution in [3.05, 3.63) is 35.6 Å². The number of amides is 1. The Bertz CT molecular complexity index is 506. The molecule has 2 rings (SSSR count). The summed E-state index contributed by atoms with van der Waals surface area (Å²) in [5, 5.41) is 12.8. The van der Waals surface area contributed by atoms with Crippen molar-refractivity contribution in [2.24, 2.45) is 5.92 Å². The Morgan fingerprint density at radius 1 is 1.43 bits per heavy atom. The van der Waals surface area contributed by atoms with Gasteiger partial charge in [0.05, 0.1) is 12.1 Å². The van der Waals surface area contributed by atoms with E-state index in [9.17, 15) is 14.3 Å². The molecule has 128 valence electrons. The molecular weight excluding hydrogens is 295 g/mol. The predicted molar refractivity (Wildman–Crippen MR) is 88.3 cm³/mol. The van der Waals surface area contributed by atoms with Crippen LogP contribution in [-0.2, 0) is 11.3 Å². The van der Waals surface area contributed by atoms with E-state index in [0.29, 0.717) is 13.1 Å². The predicted octanol–water partition coefficient (Wildman–Crippen LogP) is 2.31. The molecule has 0 saturated carbocycles. The third-order valence-electron chi connectivity index (χ3n) is 4.75. The number of carbonyl (C=O) groups is 1. The van der Waals surface area contributed by atoms with E-state index < -0.39 is 6.10 Å². The Labute approximate surface area is 137 Å². The van der Waals surface area contributed by atoms with Crippen LogP contribution in [0.1, 0.15) is 38.7 Å². The molecule has 1 fully saturated rings. The molecule has 23 heavy (non-hydrogen) atoms. The first-order chi connectivity index (χ1) is 11.0. The van der Waals surface area contributed by atoms with Crippen LogP contribution in [0, 0.1) is 11.7 Å². The molecule has 1 aliphatic heterocycles. The summed E-state index contributed by atoms with van der Waals surface area (Å²) in [4.78, 5) is 14.5. The van der Waals surface area contributed by atoms with Crippen molar-refractivity contribution in [2.75, 3.05) is 13.1 Å². The third-order valence-corrected chi connectivity index (χ3v) is 4.75. The van der Waals surface area contributed by atoms with Crippen molar-refractivity contribution >= 4 is 5.91 Å². The number of nitrogens with zero attached hydrogens (tertiary/aromatic N) is 1. The number of carbonyl (C=O) groups excluding carboxylic acids is 1. The van der Waals surface area contributed by atoms with Crippen LogP contribution in [-0.4, -0.2) is 41.1 Å². The standard InChI is InChI=1S/C18H27FN2O2/c1-3-13(2)17(22)11-20-18(23)16-5-4-10-21(16)12-14-6-8-15(19)9-7-14/h6-9,13,16-17,22H,3-5,10-12H2,1-2H3,(H,20,23). The van der Waals surface area contributed by atoms with Crippen LogP contribution in [0.2, 0.25) is 0 Å². The van der Waals surface area contributed by atoms with E-state index >= 15 is 0 Å². The molecule has 3 atom stereocenters. The van der Waals surface area contributed by atoms with Gasteiger partial charge in [-0.1, -0.05) is 32.4 Å². The molecule has 1 amide bonds. The highest BCUT2D eigenvalue weighted by Gasteiger charge is 2.30. The Kier molecular flexibility index (Phi) is 6.54. The van der Waals surface area contributed by atoms with Crippen molar-refractivity contribution in [1.29, 1.82) is 0 Å². The largest absolute Gasteiger partial charge is 0.391 e. The molecule has 0 aliphatic carbocycles. The Morgan fingerprint density at radius 3 is 2.78 bits per heavy atom. The fraction of sp³-hybridized carbons (Fsp3) is 0.611. The van der Waals surface area contributed by atoms with Gasteiger partial charge in [-0.05, 0) is 43.0 Å². The van der Waals surface area contributed by atoms with E-state index in [1.807, 2.05) is 13.8 Å². The number of nitrogens with one attached hydrogen (secondary N) is 1. The highest BCUT2D eigenvalue weighted by Crippen LogP contribution is 2.20. The zero-order chi connectivity index (χ0) is 16.8. The molecule has 0 radical (unpaired) electrons. The van der Waals surface area contributed by atoms with Gasteiger partial charge in [-0.3, -0.25) is 9.69 Å². The van der Waals surface area contributed by atoms with Gasteiger partial charge in [-0.25, -0.2) is 4.39 Å². The molecule has 4 nitrogen and oxygen atoms in total. The Morgan fingerprint density at radius 2 is 2.13 bits per heavy atom. The summed E-state index contributed by atoms with van der Waals surface area (Å²) in [5.41, 5.74) is 1.01. The van der Waals surface area contributed by atoms with E-state index in [2.05, 4.69) is 10.2 Å². The third kappa shape index (κ3) is 5.01. The monoisotopic (exact) mass is 322 g/mol. The molecule has 1 heterocycles. The van der Waals surface area contributed by atoms with Crippen molar-refractivity contribution in [3.8, 4) is 0 Å². The van der Waals surface area contributed by atoms with Crippen molar-refractivity contribution in [3.63, 3.8) is 0 Å². The van der Waals surface area contributed by atoms with E-state index in [-0.39, 0.29) is 23.7 Å². The average Bonchev–Trinajstić information content (AvgIpc) is 3.01. The number of aliphatic hydroxyl groups excluding tert-OH is 1. The molecule has 1 aromatic rings. The number of aliphatic hydroxyl groups is 1. The molecule has 1 aliphatic rings. The second-order valence-corrected chi connectivity index (χ2v) is 6.45. The lowest BCUT2D eigenvalue weighted by molar-refractivity contribution is -0.126. The molecule has 0 spiro atoms. The van der Waals surface area contributed by atoms with Gasteiger partial charge in [0.15, 0.2) is 0 Å². The maximum absolute atomic E-state index is 13.0. The molecule has 0 bridgehead atoms. The Hall–Kier alpha value is -1.46. The van der Waals surface area contributed by atoms with Crippen molar-refractivity contribution in [2.45, 2.75) is 51.8 Å². The van der Waals surface area contributed by atoms with Crippen molar-refractivity contribution in [1.82, 2.24) is 10.2 Å². The van der Waals surface area contributed by atoms with Gasteiger partial charge in [0.25, 0.3) is 0 Å². The van der Waals surface area contributed by atoms with E-state index in [1.54, 1.807) is 12.1 Å². The van der Waals surface area contributed by atoms with Gasteiger partial charge >= 0.3 is 0 Å². The molecule has 1 saturated heterocycles. The van der Waals surface area contributed by atoms with Crippen LogP contribution < -0.4 is 5.32 Å². The summed E-state index contributed by atoms with van der Waals surface area (Å²) in [6.45, 7) is 5.81. The summed E-state index contributed by atoms with van der Waals surface area (Å²) < 4.78 is 13.0. The lowest BCUT2D eigenvalue weighted by atomic mass is 10.0. The van der Waals surface area contributed by atoms with Gasteiger partial charge < -0.3 is 10.4 Å². The van der Waals surface area contributed by atoms with Crippen LogP contribution in [0.25, 0.3) is 0 Å². The number of rotatable bonds is 7. The van der Waals surface area contributed by atoms with Crippen LogP contribution in [0.15, 0.2) is 24.3 Å². The summed E-state index contributed by atoms with van der Waals surface area (Å²) >= 11 is 0. The zero-order valence-corrected chi connectivity index (χ0v) is 14.0. The first-order valence-electron chi connectivity index (χ1n) is 8.45. The van der Waals surface area contributed by atoms with Gasteiger partial charge in [-0.2, -0.15) is 0 Å². The molecule has 2 N–H and O–H groups in total. The lowest BCUT2D eigenvalue weighted by Gasteiger charge is -2.25. The average molecular weight is 322 g/mol. The lowest BCUT2D eigenvalue weighted by Crippen LogP contribution is -2.45. The Balaban J connectivity index is 1.87. The minimum atomic E-state index is -0.504. The normalized spacial score (nSPS) is 21.1. The molecule has 1 aromatic carbocycles. The number of hydrogen-bond donors (Lipinski definition) is 2. The van der Waals surface area contributed by atoms with E-state index in [0.717, 1.165) is 31.4 Å². The van der Waals surface area contributed by atoms with Crippen LogP contribution in [0.3, 0.4) is 0 Å². The number of hydrogen-bond acceptors (Lipinski definition) is 3. The summed E-state index contributed by atoms with van der Waals surface area (Å²) in [6, 6.07) is 6.25. The smallest absolute Gasteiger partial charge is 0.237 e. The number of likely N-dealkylation sites (tertiary alicyclic amines) is 1. The topological polar surface area (TPSA) is 52.6 Å². The highest BCUT2D eigenvalue weighted by atomic mass is 19.1. The second kappa shape index (κ2) is 8.41. The van der Waals surface area contributed by atoms with Crippen LogP contribution in [0.4, 0.5) is 4.39 Å². The molecule has 3 unspecified atom stereocenters. The van der Waals surface area contributed by atoms with Gasteiger partial charge in [0.2, 0.25) is 5.91 Å². The zero-order valence-electron chi connectivity index (χ0n) is 14.0. The molecular formula is C18H27FN2O2. The van der Waals surface area contributed by atoms with Crippen LogP contribution in [0.5, 0.6) is 0 Å². The summed E-state index contributed by atoms with van der Waals surface area (Å²) in [5.74, 6) is -0.0929. The molecule has 0 aromatic heterocycles. The summed E-state index contributed by atoms with van der Waals surface area (Å²) in [6.07, 6.45) is 2.19. The van der Waals surface area contributed by atoms with Crippen LogP contribution >= 0.6 is 0 Å². The molecule has 5 heteroatoms. The highest BCUT2D eigenvalue weighted by molar-refractivity contribution is 5.82. The van der Waals surface area contributed by atoms with Gasteiger partial charge in [0, 0.05) is 13.1 Å². The fourth-order valence-corrected chi connectivity index (χ4v) is 2.93. The number of benzene rings is 1. The first-order valence-corrected chi connectivity index (χ1v) is 8.45. The number of halogens is 1. The first kappa shape index (κ1) is 17.9. The van der Waals surface area contributed by atoms with Crippen molar-refractivity contribution < 1.29 is 14.3 Å². The van der Waals surface area contributed by atoms with E-state index in [4.69, 9.17) is 0 Å². The summed E-state index contributed by atoms with van der Waals surface area (Å²) in [7, 11) is 0. The van der Waals surface area contributed by atoms with Gasteiger partial charge in [0.1, 0.15) is 5.82 Å².